The van der Waals surface area contributed by atoms with Crippen LogP contribution in [0.15, 0.2) is 12.1 Å². The predicted molar refractivity (Wildman–Crippen MR) is 78.4 cm³/mol. The van der Waals surface area contributed by atoms with E-state index in [0.29, 0.717) is 13.1 Å². The second-order valence-electron chi connectivity index (χ2n) is 5.92. The number of rotatable bonds is 3. The van der Waals surface area contributed by atoms with Crippen molar-refractivity contribution in [3.05, 3.63) is 39.2 Å². The summed E-state index contributed by atoms with van der Waals surface area (Å²) in [6, 6.07) is 2.15. The summed E-state index contributed by atoms with van der Waals surface area (Å²) in [5.41, 5.74) is -0.630. The average Bonchev–Trinajstić information content (AvgIpc) is 3.29. The summed E-state index contributed by atoms with van der Waals surface area (Å²) in [5, 5.41) is 11.2. The van der Waals surface area contributed by atoms with Crippen LogP contribution in [0.4, 0.5) is 10.1 Å². The molecule has 7 nitrogen and oxygen atoms in total. The van der Waals surface area contributed by atoms with Crippen LogP contribution in [0.3, 0.4) is 0 Å². The number of hydrogen-bond donors (Lipinski definition) is 0. The standard InChI is InChI=1S/C15H16FN3O4/c1-9-6-10(16)7-12(14(9)19(22)23)15(21)17-4-5-18(11-2-3-11)13(20)8-17/h6-7,11H,2-5,8H2,1H3. The van der Waals surface area contributed by atoms with Gasteiger partial charge in [-0.2, -0.15) is 0 Å². The molecular weight excluding hydrogens is 305 g/mol. The molecule has 0 unspecified atom stereocenters. The maximum atomic E-state index is 13.6. The van der Waals surface area contributed by atoms with Gasteiger partial charge in [0.15, 0.2) is 0 Å². The summed E-state index contributed by atoms with van der Waals surface area (Å²) in [5.74, 6) is -1.55. The lowest BCUT2D eigenvalue weighted by Gasteiger charge is -2.34. The molecule has 1 aromatic rings. The van der Waals surface area contributed by atoms with Gasteiger partial charge < -0.3 is 9.80 Å². The lowest BCUT2D eigenvalue weighted by Crippen LogP contribution is -2.53. The number of aryl methyl sites for hydroxylation is 1. The fourth-order valence-corrected chi connectivity index (χ4v) is 2.94. The molecule has 1 heterocycles. The summed E-state index contributed by atoms with van der Waals surface area (Å²) in [6.07, 6.45) is 1.96. The largest absolute Gasteiger partial charge is 0.336 e. The summed E-state index contributed by atoms with van der Waals surface area (Å²) >= 11 is 0. The lowest BCUT2D eigenvalue weighted by atomic mass is 10.1. The quantitative estimate of drug-likeness (QED) is 0.624. The number of nitro groups is 1. The number of halogens is 1. The Bertz CT molecular complexity index is 702. The van der Waals surface area contributed by atoms with Gasteiger partial charge in [0.05, 0.1) is 4.92 Å². The molecule has 3 rings (SSSR count). The zero-order valence-corrected chi connectivity index (χ0v) is 12.6. The summed E-state index contributed by atoms with van der Waals surface area (Å²) < 4.78 is 13.6. The van der Waals surface area contributed by atoms with Crippen LogP contribution < -0.4 is 0 Å². The van der Waals surface area contributed by atoms with Gasteiger partial charge in [0, 0.05) is 24.7 Å². The molecule has 2 fully saturated rings. The molecule has 0 atom stereocenters. The van der Waals surface area contributed by atoms with Crippen molar-refractivity contribution >= 4 is 17.5 Å². The summed E-state index contributed by atoms with van der Waals surface area (Å²) in [4.78, 5) is 38.1. The van der Waals surface area contributed by atoms with Crippen LogP contribution in [0.25, 0.3) is 0 Å². The first-order valence-corrected chi connectivity index (χ1v) is 7.41. The van der Waals surface area contributed by atoms with Crippen LogP contribution in [0.2, 0.25) is 0 Å². The molecule has 0 bridgehead atoms. The van der Waals surface area contributed by atoms with Crippen LogP contribution in [-0.4, -0.2) is 52.2 Å². The van der Waals surface area contributed by atoms with Gasteiger partial charge in [0.2, 0.25) is 5.91 Å². The van der Waals surface area contributed by atoms with E-state index in [1.807, 2.05) is 0 Å². The number of piperazine rings is 1. The maximum Gasteiger partial charge on any atom is 0.285 e. The van der Waals surface area contributed by atoms with Crippen molar-refractivity contribution in [1.82, 2.24) is 9.80 Å². The van der Waals surface area contributed by atoms with Gasteiger partial charge in [0.25, 0.3) is 11.6 Å². The minimum atomic E-state index is -0.709. The predicted octanol–water partition coefficient (Wildman–Crippen LogP) is 1.49. The van der Waals surface area contributed by atoms with Crippen LogP contribution in [0, 0.1) is 22.9 Å². The molecule has 1 aliphatic carbocycles. The van der Waals surface area contributed by atoms with E-state index >= 15 is 0 Å². The van der Waals surface area contributed by atoms with Gasteiger partial charge in [-0.25, -0.2) is 4.39 Å². The molecular formula is C15H16FN3O4. The Morgan fingerprint density at radius 3 is 2.61 bits per heavy atom. The molecule has 8 heteroatoms. The molecule has 1 saturated heterocycles. The monoisotopic (exact) mass is 321 g/mol. The van der Waals surface area contributed by atoms with E-state index in [1.165, 1.54) is 11.8 Å². The third-order valence-electron chi connectivity index (χ3n) is 4.21. The van der Waals surface area contributed by atoms with Crippen LogP contribution in [0.1, 0.15) is 28.8 Å². The van der Waals surface area contributed by atoms with Crippen LogP contribution in [0.5, 0.6) is 0 Å². The van der Waals surface area contributed by atoms with Crippen molar-refractivity contribution in [2.45, 2.75) is 25.8 Å². The number of hydrogen-bond acceptors (Lipinski definition) is 4. The molecule has 23 heavy (non-hydrogen) atoms. The minimum Gasteiger partial charge on any atom is -0.336 e. The van der Waals surface area contributed by atoms with E-state index in [0.717, 1.165) is 25.0 Å². The zero-order chi connectivity index (χ0) is 16.7. The van der Waals surface area contributed by atoms with E-state index < -0.39 is 22.3 Å². The molecule has 122 valence electrons. The maximum absolute atomic E-state index is 13.6. The van der Waals surface area contributed by atoms with E-state index in [9.17, 15) is 24.1 Å². The van der Waals surface area contributed by atoms with Crippen molar-refractivity contribution < 1.29 is 18.9 Å². The molecule has 2 aliphatic rings. The molecule has 2 amide bonds. The number of carbonyl (C=O) groups is 2. The first-order valence-electron chi connectivity index (χ1n) is 7.41. The van der Waals surface area contributed by atoms with E-state index in [-0.39, 0.29) is 29.6 Å². The van der Waals surface area contributed by atoms with E-state index in [1.54, 1.807) is 4.90 Å². The summed E-state index contributed by atoms with van der Waals surface area (Å²) in [7, 11) is 0. The smallest absolute Gasteiger partial charge is 0.285 e. The fraction of sp³-hybridized carbons (Fsp3) is 0.467. The third kappa shape index (κ3) is 2.88. The van der Waals surface area contributed by atoms with Crippen LogP contribution >= 0.6 is 0 Å². The normalized spacial score (nSPS) is 18.3. The van der Waals surface area contributed by atoms with Gasteiger partial charge in [-0.05, 0) is 31.9 Å². The van der Waals surface area contributed by atoms with Gasteiger partial charge in [-0.15, -0.1) is 0 Å². The lowest BCUT2D eigenvalue weighted by molar-refractivity contribution is -0.385. The zero-order valence-electron chi connectivity index (χ0n) is 12.6. The Morgan fingerprint density at radius 2 is 2.04 bits per heavy atom. The van der Waals surface area contributed by atoms with E-state index in [4.69, 9.17) is 0 Å². The van der Waals surface area contributed by atoms with Crippen LogP contribution in [-0.2, 0) is 4.79 Å². The number of nitrogens with zero attached hydrogens (tertiary/aromatic N) is 3. The number of nitro benzene ring substituents is 1. The molecule has 0 radical (unpaired) electrons. The van der Waals surface area contributed by atoms with Crippen molar-refractivity contribution in [3.8, 4) is 0 Å². The Labute approximate surface area is 131 Å². The molecule has 1 aromatic carbocycles. The van der Waals surface area contributed by atoms with Crippen molar-refractivity contribution in [2.24, 2.45) is 0 Å². The van der Waals surface area contributed by atoms with Gasteiger partial charge >= 0.3 is 0 Å². The topological polar surface area (TPSA) is 83.8 Å². The summed E-state index contributed by atoms with van der Waals surface area (Å²) in [6.45, 7) is 1.97. The van der Waals surface area contributed by atoms with Crippen molar-refractivity contribution in [2.75, 3.05) is 19.6 Å². The Hall–Kier alpha value is -2.51. The fourth-order valence-electron chi connectivity index (χ4n) is 2.94. The molecule has 1 saturated carbocycles. The SMILES string of the molecule is Cc1cc(F)cc(C(=O)N2CCN(C3CC3)C(=O)C2)c1[N+](=O)[O-]. The highest BCUT2D eigenvalue weighted by atomic mass is 19.1. The minimum absolute atomic E-state index is 0.0845. The highest BCUT2D eigenvalue weighted by molar-refractivity contribution is 6.00. The number of carbonyl (C=O) groups excluding carboxylic acids is 2. The number of benzene rings is 1. The van der Waals surface area contributed by atoms with Gasteiger partial charge in [-0.1, -0.05) is 0 Å². The Morgan fingerprint density at radius 1 is 1.35 bits per heavy atom. The van der Waals surface area contributed by atoms with Gasteiger partial charge in [0.1, 0.15) is 17.9 Å². The van der Waals surface area contributed by atoms with Crippen molar-refractivity contribution in [3.63, 3.8) is 0 Å². The molecule has 0 N–H and O–H groups in total. The highest BCUT2D eigenvalue weighted by Crippen LogP contribution is 2.30. The second kappa shape index (κ2) is 5.60. The second-order valence-corrected chi connectivity index (χ2v) is 5.92. The average molecular weight is 321 g/mol. The highest BCUT2D eigenvalue weighted by Gasteiger charge is 2.38. The first-order chi connectivity index (χ1) is 10.9. The van der Waals surface area contributed by atoms with E-state index in [2.05, 4.69) is 0 Å². The number of amides is 2. The Kier molecular flexibility index (Phi) is 3.75. The third-order valence-corrected chi connectivity index (χ3v) is 4.21. The van der Waals surface area contributed by atoms with Gasteiger partial charge in [-0.3, -0.25) is 19.7 Å². The molecule has 1 aliphatic heterocycles. The Balaban J connectivity index is 1.86. The first kappa shape index (κ1) is 15.4. The molecule has 0 aromatic heterocycles. The molecule has 0 spiro atoms. The van der Waals surface area contributed by atoms with Crippen molar-refractivity contribution in [1.29, 1.82) is 0 Å².